The summed E-state index contributed by atoms with van der Waals surface area (Å²) in [5, 5.41) is 0. The third kappa shape index (κ3) is 4.45. The van der Waals surface area contributed by atoms with E-state index in [2.05, 4.69) is 50.4 Å². The molecule has 1 fully saturated rings. The van der Waals surface area contributed by atoms with Gasteiger partial charge in [-0.2, -0.15) is 0 Å². The van der Waals surface area contributed by atoms with E-state index in [1.54, 1.807) is 11.8 Å². The van der Waals surface area contributed by atoms with Gasteiger partial charge in [0.05, 0.1) is 6.61 Å². The van der Waals surface area contributed by atoms with Gasteiger partial charge < -0.3 is 14.5 Å². The Labute approximate surface area is 156 Å². The number of carbonyl (C=O) groups excluding carboxylic acids is 2. The van der Waals surface area contributed by atoms with Crippen LogP contribution in [0.5, 0.6) is 0 Å². The Morgan fingerprint density at radius 3 is 2.27 bits per heavy atom. The molecule has 1 aromatic rings. The Bertz CT molecular complexity index is 696. The molecule has 1 saturated heterocycles. The van der Waals surface area contributed by atoms with Crippen molar-refractivity contribution in [3.63, 3.8) is 0 Å². The second kappa shape index (κ2) is 7.94. The van der Waals surface area contributed by atoms with Gasteiger partial charge in [-0.05, 0) is 42.5 Å². The standard InChI is InChI=1S/C21H30N2O3/c1-7-26-20(25)19(24)23-12-10-22(11-13-23)18-9-8-16(15(2)3)14-17(18)21(4,5)6/h8-9,14H,2,7,10-13H2,1,3-6H3. The molecule has 0 aromatic heterocycles. The Hall–Kier alpha value is -2.30. The minimum atomic E-state index is -0.762. The summed E-state index contributed by atoms with van der Waals surface area (Å²) >= 11 is 0. The minimum absolute atomic E-state index is 0.00131. The Balaban J connectivity index is 2.17. The van der Waals surface area contributed by atoms with Crippen molar-refractivity contribution in [3.8, 4) is 0 Å². The zero-order valence-corrected chi connectivity index (χ0v) is 16.6. The molecule has 0 radical (unpaired) electrons. The fourth-order valence-corrected chi connectivity index (χ4v) is 3.15. The van der Waals surface area contributed by atoms with E-state index in [9.17, 15) is 9.59 Å². The summed E-state index contributed by atoms with van der Waals surface area (Å²) in [6.07, 6.45) is 0. The summed E-state index contributed by atoms with van der Waals surface area (Å²) in [5.41, 5.74) is 4.65. The third-order valence-electron chi connectivity index (χ3n) is 4.65. The number of carbonyl (C=O) groups is 2. The van der Waals surface area contributed by atoms with Crippen molar-refractivity contribution in [2.75, 3.05) is 37.7 Å². The molecule has 5 nitrogen and oxygen atoms in total. The number of esters is 1. The van der Waals surface area contributed by atoms with Gasteiger partial charge in [-0.15, -0.1) is 0 Å². The van der Waals surface area contributed by atoms with Crippen LogP contribution in [-0.4, -0.2) is 49.6 Å². The predicted molar refractivity (Wildman–Crippen MR) is 105 cm³/mol. The molecule has 1 heterocycles. The van der Waals surface area contributed by atoms with Crippen LogP contribution in [0.15, 0.2) is 24.8 Å². The number of anilines is 1. The van der Waals surface area contributed by atoms with Gasteiger partial charge in [-0.25, -0.2) is 4.79 Å². The number of benzene rings is 1. The zero-order chi connectivity index (χ0) is 19.5. The molecule has 5 heteroatoms. The van der Waals surface area contributed by atoms with E-state index in [1.807, 2.05) is 6.92 Å². The molecule has 1 aromatic carbocycles. The van der Waals surface area contributed by atoms with Gasteiger partial charge in [0.15, 0.2) is 0 Å². The second-order valence-electron chi connectivity index (χ2n) is 7.76. The molecular weight excluding hydrogens is 328 g/mol. The zero-order valence-electron chi connectivity index (χ0n) is 16.6. The first-order valence-electron chi connectivity index (χ1n) is 9.16. The maximum absolute atomic E-state index is 12.1. The molecule has 0 spiro atoms. The van der Waals surface area contributed by atoms with Gasteiger partial charge in [-0.1, -0.05) is 39.0 Å². The highest BCUT2D eigenvalue weighted by molar-refractivity contribution is 6.32. The van der Waals surface area contributed by atoms with Crippen LogP contribution in [-0.2, 0) is 19.7 Å². The van der Waals surface area contributed by atoms with Gasteiger partial charge in [0.2, 0.25) is 0 Å². The Morgan fingerprint density at radius 2 is 1.77 bits per heavy atom. The predicted octanol–water partition coefficient (Wildman–Crippen LogP) is 3.23. The van der Waals surface area contributed by atoms with Crippen LogP contribution in [0.3, 0.4) is 0 Å². The number of ether oxygens (including phenoxy) is 1. The molecule has 142 valence electrons. The lowest BCUT2D eigenvalue weighted by molar-refractivity contribution is -0.160. The SMILES string of the molecule is C=C(C)c1ccc(N2CCN(C(=O)C(=O)OCC)CC2)c(C(C)(C)C)c1. The molecule has 0 N–H and O–H groups in total. The number of rotatable bonds is 3. The van der Waals surface area contributed by atoms with Gasteiger partial charge in [0.25, 0.3) is 0 Å². The summed E-state index contributed by atoms with van der Waals surface area (Å²) < 4.78 is 4.82. The van der Waals surface area contributed by atoms with Crippen molar-refractivity contribution in [1.29, 1.82) is 0 Å². The van der Waals surface area contributed by atoms with Crippen LogP contribution in [0, 0.1) is 0 Å². The van der Waals surface area contributed by atoms with Crippen LogP contribution in [0.25, 0.3) is 5.57 Å². The molecule has 0 atom stereocenters. The maximum atomic E-state index is 12.1. The number of piperazine rings is 1. The van der Waals surface area contributed by atoms with Crippen LogP contribution >= 0.6 is 0 Å². The highest BCUT2D eigenvalue weighted by Crippen LogP contribution is 2.34. The van der Waals surface area contributed by atoms with Crippen molar-refractivity contribution in [2.24, 2.45) is 0 Å². The molecule has 1 aliphatic rings. The lowest BCUT2D eigenvalue weighted by Gasteiger charge is -2.38. The van der Waals surface area contributed by atoms with E-state index < -0.39 is 11.9 Å². The molecular formula is C21H30N2O3. The molecule has 1 aliphatic heterocycles. The number of allylic oxidation sites excluding steroid dienone is 1. The largest absolute Gasteiger partial charge is 0.459 e. The molecule has 0 aliphatic carbocycles. The average molecular weight is 358 g/mol. The van der Waals surface area contributed by atoms with Crippen molar-refractivity contribution in [1.82, 2.24) is 4.90 Å². The summed E-state index contributed by atoms with van der Waals surface area (Å²) in [5.74, 6) is -1.30. The first-order valence-corrected chi connectivity index (χ1v) is 9.16. The van der Waals surface area contributed by atoms with E-state index in [0.717, 1.165) is 11.1 Å². The Kier molecular flexibility index (Phi) is 6.11. The van der Waals surface area contributed by atoms with Gasteiger partial charge in [0.1, 0.15) is 0 Å². The van der Waals surface area contributed by atoms with Crippen LogP contribution in [0.1, 0.15) is 45.7 Å². The molecule has 26 heavy (non-hydrogen) atoms. The highest BCUT2D eigenvalue weighted by Gasteiger charge is 2.29. The lowest BCUT2D eigenvalue weighted by Crippen LogP contribution is -2.51. The second-order valence-corrected chi connectivity index (χ2v) is 7.76. The van der Waals surface area contributed by atoms with Crippen LogP contribution in [0.4, 0.5) is 5.69 Å². The number of amides is 1. The van der Waals surface area contributed by atoms with Crippen molar-refractivity contribution < 1.29 is 14.3 Å². The van der Waals surface area contributed by atoms with Crippen molar-refractivity contribution in [3.05, 3.63) is 35.9 Å². The van der Waals surface area contributed by atoms with Gasteiger partial charge >= 0.3 is 11.9 Å². The number of nitrogens with zero attached hydrogens (tertiary/aromatic N) is 2. The maximum Gasteiger partial charge on any atom is 0.397 e. The van der Waals surface area contributed by atoms with Crippen LogP contribution < -0.4 is 4.90 Å². The molecule has 1 amide bonds. The van der Waals surface area contributed by atoms with E-state index >= 15 is 0 Å². The quantitative estimate of drug-likeness (QED) is 0.615. The topological polar surface area (TPSA) is 49.9 Å². The fourth-order valence-electron chi connectivity index (χ4n) is 3.15. The summed E-state index contributed by atoms with van der Waals surface area (Å²) in [4.78, 5) is 27.6. The van der Waals surface area contributed by atoms with E-state index in [-0.39, 0.29) is 12.0 Å². The molecule has 0 bridgehead atoms. The normalized spacial score (nSPS) is 15.0. The average Bonchev–Trinajstić information content (AvgIpc) is 2.60. The minimum Gasteiger partial charge on any atom is -0.459 e. The van der Waals surface area contributed by atoms with Crippen molar-refractivity contribution >= 4 is 23.1 Å². The monoisotopic (exact) mass is 358 g/mol. The summed E-state index contributed by atoms with van der Waals surface area (Å²) in [6, 6.07) is 6.46. The lowest BCUT2D eigenvalue weighted by atomic mass is 9.83. The molecule has 2 rings (SSSR count). The third-order valence-corrected chi connectivity index (χ3v) is 4.65. The highest BCUT2D eigenvalue weighted by atomic mass is 16.5. The fraction of sp³-hybridized carbons (Fsp3) is 0.524. The Morgan fingerprint density at radius 1 is 1.15 bits per heavy atom. The van der Waals surface area contributed by atoms with E-state index in [1.165, 1.54) is 11.3 Å². The van der Waals surface area contributed by atoms with Gasteiger partial charge in [-0.3, -0.25) is 4.79 Å². The first-order chi connectivity index (χ1) is 12.1. The van der Waals surface area contributed by atoms with E-state index in [0.29, 0.717) is 26.2 Å². The molecule has 0 unspecified atom stereocenters. The summed E-state index contributed by atoms with van der Waals surface area (Å²) in [7, 11) is 0. The summed E-state index contributed by atoms with van der Waals surface area (Å²) in [6.45, 7) is 17.0. The van der Waals surface area contributed by atoms with Crippen LogP contribution in [0.2, 0.25) is 0 Å². The smallest absolute Gasteiger partial charge is 0.397 e. The van der Waals surface area contributed by atoms with E-state index in [4.69, 9.17) is 4.74 Å². The first kappa shape index (κ1) is 20.0. The number of hydrogen-bond donors (Lipinski definition) is 0. The van der Waals surface area contributed by atoms with Gasteiger partial charge in [0, 0.05) is 31.9 Å². The molecule has 0 saturated carbocycles. The number of hydrogen-bond acceptors (Lipinski definition) is 4. The van der Waals surface area contributed by atoms with Crippen molar-refractivity contribution in [2.45, 2.75) is 40.0 Å².